The Balaban J connectivity index is 2.30. The molecule has 0 radical (unpaired) electrons. The van der Waals surface area contributed by atoms with Crippen molar-refractivity contribution in [1.29, 1.82) is 0 Å². The van der Waals surface area contributed by atoms with E-state index in [1.807, 2.05) is 4.90 Å². The number of pyridine rings is 1. The van der Waals surface area contributed by atoms with Crippen LogP contribution in [-0.2, 0) is 4.79 Å². The van der Waals surface area contributed by atoms with Crippen molar-refractivity contribution in [2.24, 2.45) is 0 Å². The first-order valence-electron chi connectivity index (χ1n) is 5.63. The number of piperazine rings is 1. The fraction of sp³-hybridized carbons (Fsp3) is 0.455. The molecule has 1 aromatic rings. The van der Waals surface area contributed by atoms with Crippen molar-refractivity contribution in [1.82, 2.24) is 15.6 Å². The van der Waals surface area contributed by atoms with Crippen LogP contribution in [0.4, 0.5) is 5.82 Å². The van der Waals surface area contributed by atoms with Crippen molar-refractivity contribution in [3.63, 3.8) is 0 Å². The molecule has 98 valence electrons. The van der Waals surface area contributed by atoms with Gasteiger partial charge in [-0.1, -0.05) is 23.2 Å². The van der Waals surface area contributed by atoms with Crippen LogP contribution in [0.25, 0.3) is 0 Å². The maximum Gasteiger partial charge on any atom is 0.243 e. The van der Waals surface area contributed by atoms with Gasteiger partial charge in [-0.25, -0.2) is 4.98 Å². The van der Waals surface area contributed by atoms with Crippen molar-refractivity contribution in [3.05, 3.63) is 22.3 Å². The van der Waals surface area contributed by atoms with Crippen LogP contribution in [0.15, 0.2) is 12.3 Å². The largest absolute Gasteiger partial charge is 0.357 e. The van der Waals surface area contributed by atoms with Gasteiger partial charge in [0.05, 0.1) is 10.0 Å². The molecular formula is C11H14Cl2N4O. The first-order chi connectivity index (χ1) is 8.63. The number of rotatable bonds is 2. The normalized spacial score (nSPS) is 19.7. The Kier molecular flexibility index (Phi) is 4.27. The second kappa shape index (κ2) is 5.73. The van der Waals surface area contributed by atoms with E-state index < -0.39 is 0 Å². The SMILES string of the molecule is CNC(=O)C1CNCCN1c1ncc(Cl)cc1Cl. The second-order valence-corrected chi connectivity index (χ2v) is 4.83. The number of hydrogen-bond donors (Lipinski definition) is 2. The van der Waals surface area contributed by atoms with Gasteiger partial charge >= 0.3 is 0 Å². The number of nitrogens with one attached hydrogen (secondary N) is 2. The fourth-order valence-electron chi connectivity index (χ4n) is 1.98. The number of carbonyl (C=O) groups excluding carboxylic acids is 1. The molecule has 5 nitrogen and oxygen atoms in total. The zero-order chi connectivity index (χ0) is 13.1. The van der Waals surface area contributed by atoms with Gasteiger partial charge in [0.15, 0.2) is 0 Å². The molecule has 0 bridgehead atoms. The molecule has 2 N–H and O–H groups in total. The van der Waals surface area contributed by atoms with Crippen LogP contribution in [0.1, 0.15) is 0 Å². The molecule has 1 aliphatic heterocycles. The predicted octanol–water partition coefficient (Wildman–Crippen LogP) is 0.913. The van der Waals surface area contributed by atoms with E-state index in [0.29, 0.717) is 29.0 Å². The Morgan fingerprint density at radius 1 is 1.61 bits per heavy atom. The first kappa shape index (κ1) is 13.4. The zero-order valence-electron chi connectivity index (χ0n) is 9.91. The number of nitrogens with zero attached hydrogens (tertiary/aromatic N) is 2. The summed E-state index contributed by atoms with van der Waals surface area (Å²) in [4.78, 5) is 18.0. The molecule has 2 heterocycles. The summed E-state index contributed by atoms with van der Waals surface area (Å²) in [5.41, 5.74) is 0. The van der Waals surface area contributed by atoms with Crippen molar-refractivity contribution in [3.8, 4) is 0 Å². The third-order valence-electron chi connectivity index (χ3n) is 2.85. The summed E-state index contributed by atoms with van der Waals surface area (Å²) in [6, 6.07) is 1.32. The number of hydrogen-bond acceptors (Lipinski definition) is 4. The molecule has 18 heavy (non-hydrogen) atoms. The minimum atomic E-state index is -0.310. The average molecular weight is 289 g/mol. The quantitative estimate of drug-likeness (QED) is 0.850. The summed E-state index contributed by atoms with van der Waals surface area (Å²) in [6.45, 7) is 2.03. The van der Waals surface area contributed by atoms with Gasteiger partial charge in [-0.2, -0.15) is 0 Å². The van der Waals surface area contributed by atoms with Crippen LogP contribution >= 0.6 is 23.2 Å². The van der Waals surface area contributed by atoms with Crippen LogP contribution in [0.3, 0.4) is 0 Å². The summed E-state index contributed by atoms with van der Waals surface area (Å²) in [5, 5.41) is 6.77. The van der Waals surface area contributed by atoms with Gasteiger partial charge in [0, 0.05) is 32.9 Å². The van der Waals surface area contributed by atoms with E-state index in [2.05, 4.69) is 15.6 Å². The smallest absolute Gasteiger partial charge is 0.243 e. The molecule has 0 aromatic carbocycles. The number of carbonyl (C=O) groups is 1. The van der Waals surface area contributed by atoms with Crippen molar-refractivity contribution in [2.45, 2.75) is 6.04 Å². The molecule has 2 rings (SSSR count). The molecule has 0 aliphatic carbocycles. The Morgan fingerprint density at radius 2 is 2.39 bits per heavy atom. The zero-order valence-corrected chi connectivity index (χ0v) is 11.4. The lowest BCUT2D eigenvalue weighted by Gasteiger charge is -2.36. The molecule has 1 aliphatic rings. The minimum absolute atomic E-state index is 0.0602. The predicted molar refractivity (Wildman–Crippen MR) is 72.3 cm³/mol. The molecule has 1 aromatic heterocycles. The lowest BCUT2D eigenvalue weighted by molar-refractivity contribution is -0.122. The maximum atomic E-state index is 11.8. The second-order valence-electron chi connectivity index (χ2n) is 3.99. The van der Waals surface area contributed by atoms with Gasteiger partial charge in [-0.05, 0) is 6.07 Å². The van der Waals surface area contributed by atoms with Crippen molar-refractivity contribution < 1.29 is 4.79 Å². The number of anilines is 1. The van der Waals surface area contributed by atoms with Gasteiger partial charge in [0.25, 0.3) is 0 Å². The summed E-state index contributed by atoms with van der Waals surface area (Å²) in [7, 11) is 1.62. The van der Waals surface area contributed by atoms with E-state index in [4.69, 9.17) is 23.2 Å². The highest BCUT2D eigenvalue weighted by Crippen LogP contribution is 2.27. The Labute approximate surface area is 115 Å². The van der Waals surface area contributed by atoms with Crippen LogP contribution < -0.4 is 15.5 Å². The monoisotopic (exact) mass is 288 g/mol. The number of amides is 1. The van der Waals surface area contributed by atoms with E-state index in [1.165, 1.54) is 6.20 Å². The standard InChI is InChI=1S/C11H14Cl2N4O/c1-14-11(18)9-6-15-2-3-17(9)10-8(13)4-7(12)5-16-10/h4-5,9,15H,2-3,6H2,1H3,(H,14,18). The Bertz CT molecular complexity index is 455. The van der Waals surface area contributed by atoms with Crippen LogP contribution in [0, 0.1) is 0 Å². The molecular weight excluding hydrogens is 275 g/mol. The van der Waals surface area contributed by atoms with Crippen molar-refractivity contribution in [2.75, 3.05) is 31.6 Å². The van der Waals surface area contributed by atoms with Crippen LogP contribution in [-0.4, -0.2) is 43.6 Å². The number of halogens is 2. The molecule has 7 heteroatoms. The maximum absolute atomic E-state index is 11.8. The van der Waals surface area contributed by atoms with Gasteiger partial charge in [-0.15, -0.1) is 0 Å². The topological polar surface area (TPSA) is 57.3 Å². The summed E-state index contributed by atoms with van der Waals surface area (Å²) >= 11 is 12.0. The van der Waals surface area contributed by atoms with E-state index in [-0.39, 0.29) is 11.9 Å². The third kappa shape index (κ3) is 2.68. The number of likely N-dealkylation sites (N-methyl/N-ethyl adjacent to an activating group) is 1. The first-order valence-corrected chi connectivity index (χ1v) is 6.39. The van der Waals surface area contributed by atoms with Gasteiger partial charge in [0.1, 0.15) is 11.9 Å². The molecule has 1 fully saturated rings. The molecule has 0 spiro atoms. The highest BCUT2D eigenvalue weighted by Gasteiger charge is 2.30. The van der Waals surface area contributed by atoms with E-state index >= 15 is 0 Å². The highest BCUT2D eigenvalue weighted by molar-refractivity contribution is 6.36. The average Bonchev–Trinajstić information content (AvgIpc) is 2.38. The summed E-state index contributed by atoms with van der Waals surface area (Å²) in [5.74, 6) is 0.534. The molecule has 1 atom stereocenters. The van der Waals surface area contributed by atoms with Crippen LogP contribution in [0.2, 0.25) is 10.0 Å². The van der Waals surface area contributed by atoms with Crippen LogP contribution in [0.5, 0.6) is 0 Å². The van der Waals surface area contributed by atoms with E-state index in [0.717, 1.165) is 6.54 Å². The number of aromatic nitrogens is 1. The van der Waals surface area contributed by atoms with Crippen molar-refractivity contribution >= 4 is 34.9 Å². The molecule has 1 saturated heterocycles. The van der Waals surface area contributed by atoms with E-state index in [9.17, 15) is 4.79 Å². The summed E-state index contributed by atoms with van der Waals surface area (Å²) in [6.07, 6.45) is 1.53. The Morgan fingerprint density at radius 3 is 3.06 bits per heavy atom. The van der Waals surface area contributed by atoms with E-state index in [1.54, 1.807) is 13.1 Å². The van der Waals surface area contributed by atoms with Gasteiger partial charge in [-0.3, -0.25) is 4.79 Å². The third-order valence-corrected chi connectivity index (χ3v) is 3.34. The molecule has 1 unspecified atom stereocenters. The minimum Gasteiger partial charge on any atom is -0.357 e. The lowest BCUT2D eigenvalue weighted by Crippen LogP contribution is -2.58. The lowest BCUT2D eigenvalue weighted by atomic mass is 10.1. The Hall–Kier alpha value is -1.04. The molecule has 0 saturated carbocycles. The summed E-state index contributed by atoms with van der Waals surface area (Å²) < 4.78 is 0. The van der Waals surface area contributed by atoms with Gasteiger partial charge in [0.2, 0.25) is 5.91 Å². The highest BCUT2D eigenvalue weighted by atomic mass is 35.5. The fourth-order valence-corrected chi connectivity index (χ4v) is 2.47. The van der Waals surface area contributed by atoms with Gasteiger partial charge < -0.3 is 15.5 Å². The molecule has 1 amide bonds.